The number of nitrogens with one attached hydrogen (secondary N) is 1. The van der Waals surface area contributed by atoms with Gasteiger partial charge in [-0.05, 0) is 12.1 Å². The Hall–Kier alpha value is -1.56. The van der Waals surface area contributed by atoms with Crippen LogP contribution in [0, 0.1) is 0 Å². The largest absolute Gasteiger partial charge is 0.358 e. The predicted octanol–water partition coefficient (Wildman–Crippen LogP) is 0.378. The lowest BCUT2D eigenvalue weighted by Crippen LogP contribution is -2.37. The molecule has 92 valence electrons. The van der Waals surface area contributed by atoms with Crippen LogP contribution in [-0.4, -0.2) is 48.1 Å². The summed E-state index contributed by atoms with van der Waals surface area (Å²) in [7, 11) is 3.15. The zero-order chi connectivity index (χ0) is 12.7. The van der Waals surface area contributed by atoms with Gasteiger partial charge in [-0.1, -0.05) is 17.8 Å². The molecule has 0 radical (unpaired) electrons. The van der Waals surface area contributed by atoms with Gasteiger partial charge in [0.2, 0.25) is 11.8 Å². The minimum Gasteiger partial charge on any atom is -0.358 e. The lowest BCUT2D eigenvalue weighted by Gasteiger charge is -2.15. The Morgan fingerprint density at radius 3 is 2.82 bits per heavy atom. The molecule has 0 aliphatic carbocycles. The van der Waals surface area contributed by atoms with Crippen molar-refractivity contribution < 1.29 is 9.59 Å². The van der Waals surface area contributed by atoms with Crippen molar-refractivity contribution in [1.82, 2.24) is 15.2 Å². The molecule has 0 unspecified atom stereocenters. The number of hydrogen-bond acceptors (Lipinski definition) is 4. The van der Waals surface area contributed by atoms with E-state index < -0.39 is 0 Å². The first-order valence-corrected chi connectivity index (χ1v) is 6.10. The third-order valence-electron chi connectivity index (χ3n) is 2.07. The summed E-state index contributed by atoms with van der Waals surface area (Å²) in [5.74, 6) is 0.0118. The molecule has 1 aromatic rings. The fourth-order valence-corrected chi connectivity index (χ4v) is 1.86. The van der Waals surface area contributed by atoms with E-state index in [-0.39, 0.29) is 24.1 Å². The van der Waals surface area contributed by atoms with Crippen molar-refractivity contribution in [2.45, 2.75) is 5.03 Å². The fourth-order valence-electron chi connectivity index (χ4n) is 1.06. The molecule has 6 heteroatoms. The highest BCUT2D eigenvalue weighted by molar-refractivity contribution is 7.99. The highest BCUT2D eigenvalue weighted by Crippen LogP contribution is 2.13. The van der Waals surface area contributed by atoms with Gasteiger partial charge in [0.05, 0.1) is 17.3 Å². The Bertz CT molecular complexity index is 384. The van der Waals surface area contributed by atoms with Crippen LogP contribution >= 0.6 is 11.8 Å². The lowest BCUT2D eigenvalue weighted by atomic mass is 10.5. The SMILES string of the molecule is CNC(=O)CN(C)C(=O)CSc1ccccn1. The number of likely N-dealkylation sites (N-methyl/N-ethyl adjacent to an activating group) is 2. The van der Waals surface area contributed by atoms with Crippen LogP contribution in [0.3, 0.4) is 0 Å². The molecule has 2 amide bonds. The van der Waals surface area contributed by atoms with Gasteiger partial charge < -0.3 is 10.2 Å². The van der Waals surface area contributed by atoms with Crippen LogP contribution in [0.15, 0.2) is 29.4 Å². The van der Waals surface area contributed by atoms with Gasteiger partial charge in [-0.3, -0.25) is 9.59 Å². The highest BCUT2D eigenvalue weighted by atomic mass is 32.2. The van der Waals surface area contributed by atoms with Crippen LogP contribution < -0.4 is 5.32 Å². The first kappa shape index (κ1) is 13.5. The molecule has 17 heavy (non-hydrogen) atoms. The smallest absolute Gasteiger partial charge is 0.239 e. The van der Waals surface area contributed by atoms with Gasteiger partial charge in [-0.2, -0.15) is 0 Å². The molecule has 0 aliphatic rings. The van der Waals surface area contributed by atoms with E-state index in [0.717, 1.165) is 5.03 Å². The summed E-state index contributed by atoms with van der Waals surface area (Å²) < 4.78 is 0. The van der Waals surface area contributed by atoms with Crippen molar-refractivity contribution in [3.05, 3.63) is 24.4 Å². The number of nitrogens with zero attached hydrogens (tertiary/aromatic N) is 2. The summed E-state index contributed by atoms with van der Waals surface area (Å²) in [5, 5.41) is 3.27. The highest BCUT2D eigenvalue weighted by Gasteiger charge is 2.12. The number of carbonyl (C=O) groups is 2. The van der Waals surface area contributed by atoms with Gasteiger partial charge in [-0.25, -0.2) is 4.98 Å². The maximum Gasteiger partial charge on any atom is 0.239 e. The van der Waals surface area contributed by atoms with Crippen LogP contribution in [0.5, 0.6) is 0 Å². The molecule has 5 nitrogen and oxygen atoms in total. The molecule has 0 bridgehead atoms. The van der Waals surface area contributed by atoms with Gasteiger partial charge in [0.15, 0.2) is 0 Å². The Labute approximate surface area is 105 Å². The van der Waals surface area contributed by atoms with Crippen LogP contribution in [0.25, 0.3) is 0 Å². The van der Waals surface area contributed by atoms with E-state index in [1.807, 2.05) is 18.2 Å². The van der Waals surface area contributed by atoms with Crippen molar-refractivity contribution >= 4 is 23.6 Å². The van der Waals surface area contributed by atoms with Crippen molar-refractivity contribution in [2.75, 3.05) is 26.4 Å². The van der Waals surface area contributed by atoms with Crippen molar-refractivity contribution in [3.8, 4) is 0 Å². The molecule has 0 spiro atoms. The van der Waals surface area contributed by atoms with E-state index >= 15 is 0 Å². The zero-order valence-corrected chi connectivity index (χ0v) is 10.7. The van der Waals surface area contributed by atoms with Crippen LogP contribution in [0.1, 0.15) is 0 Å². The summed E-state index contributed by atoms with van der Waals surface area (Å²) >= 11 is 1.36. The molecule has 1 heterocycles. The average Bonchev–Trinajstić information content (AvgIpc) is 2.36. The van der Waals surface area contributed by atoms with Crippen molar-refractivity contribution in [1.29, 1.82) is 0 Å². The van der Waals surface area contributed by atoms with Crippen LogP contribution in [0.4, 0.5) is 0 Å². The summed E-state index contributed by atoms with van der Waals surface area (Å²) in [6.45, 7) is 0.0815. The fraction of sp³-hybridized carbons (Fsp3) is 0.364. The molecule has 0 saturated heterocycles. The Kier molecular flexibility index (Phi) is 5.48. The van der Waals surface area contributed by atoms with Gasteiger partial charge in [0.25, 0.3) is 0 Å². The molecule has 1 rings (SSSR count). The first-order chi connectivity index (χ1) is 8.13. The third kappa shape index (κ3) is 4.86. The molecule has 1 N–H and O–H groups in total. The maximum atomic E-state index is 11.7. The second-order valence-electron chi connectivity index (χ2n) is 3.38. The Balaban J connectivity index is 2.37. The van der Waals surface area contributed by atoms with E-state index in [1.165, 1.54) is 16.7 Å². The van der Waals surface area contributed by atoms with E-state index in [4.69, 9.17) is 0 Å². The lowest BCUT2D eigenvalue weighted by molar-refractivity contribution is -0.132. The molecular formula is C11H15N3O2S. The van der Waals surface area contributed by atoms with Crippen molar-refractivity contribution in [2.24, 2.45) is 0 Å². The molecule has 0 atom stereocenters. The number of carbonyl (C=O) groups excluding carboxylic acids is 2. The topological polar surface area (TPSA) is 62.3 Å². The minimum atomic E-state index is -0.177. The molecule has 0 aromatic carbocycles. The average molecular weight is 253 g/mol. The van der Waals surface area contributed by atoms with E-state index in [9.17, 15) is 9.59 Å². The van der Waals surface area contributed by atoms with E-state index in [0.29, 0.717) is 0 Å². The van der Waals surface area contributed by atoms with Gasteiger partial charge >= 0.3 is 0 Å². The quantitative estimate of drug-likeness (QED) is 0.771. The number of pyridine rings is 1. The van der Waals surface area contributed by atoms with E-state index in [2.05, 4.69) is 10.3 Å². The molecule has 0 aliphatic heterocycles. The summed E-state index contributed by atoms with van der Waals surface area (Å²) in [6, 6.07) is 5.54. The number of thioether (sulfide) groups is 1. The number of aromatic nitrogens is 1. The molecular weight excluding hydrogens is 238 g/mol. The number of rotatable bonds is 5. The Morgan fingerprint density at radius 2 is 2.24 bits per heavy atom. The third-order valence-corrected chi connectivity index (χ3v) is 3.00. The molecule has 0 saturated carbocycles. The standard InChI is InChI=1S/C11H15N3O2S/c1-12-9(15)7-14(2)11(16)8-17-10-5-3-4-6-13-10/h3-6H,7-8H2,1-2H3,(H,12,15). The Morgan fingerprint density at radius 1 is 1.47 bits per heavy atom. The number of hydrogen-bond donors (Lipinski definition) is 1. The summed E-state index contributed by atoms with van der Waals surface area (Å²) in [5.41, 5.74) is 0. The monoisotopic (exact) mass is 253 g/mol. The summed E-state index contributed by atoms with van der Waals surface area (Å²) in [4.78, 5) is 28.2. The van der Waals surface area contributed by atoms with Gasteiger partial charge in [0.1, 0.15) is 0 Å². The van der Waals surface area contributed by atoms with Crippen LogP contribution in [-0.2, 0) is 9.59 Å². The normalized spacial score (nSPS) is 9.76. The van der Waals surface area contributed by atoms with Gasteiger partial charge in [-0.15, -0.1) is 0 Å². The van der Waals surface area contributed by atoms with E-state index in [1.54, 1.807) is 20.3 Å². The van der Waals surface area contributed by atoms with Gasteiger partial charge in [0, 0.05) is 20.3 Å². The number of amides is 2. The summed E-state index contributed by atoms with van der Waals surface area (Å²) in [6.07, 6.45) is 1.68. The second-order valence-corrected chi connectivity index (χ2v) is 4.38. The first-order valence-electron chi connectivity index (χ1n) is 5.12. The molecule has 0 fully saturated rings. The molecule has 1 aromatic heterocycles. The van der Waals surface area contributed by atoms with Crippen molar-refractivity contribution in [3.63, 3.8) is 0 Å². The zero-order valence-electron chi connectivity index (χ0n) is 9.84. The maximum absolute atomic E-state index is 11.7. The second kappa shape index (κ2) is 6.90. The predicted molar refractivity (Wildman–Crippen MR) is 66.7 cm³/mol. The minimum absolute atomic E-state index is 0.0815. The van der Waals surface area contributed by atoms with Crippen LogP contribution in [0.2, 0.25) is 0 Å².